The molecule has 2 rings (SSSR count). The lowest BCUT2D eigenvalue weighted by molar-refractivity contribution is 0.581. The molecule has 0 aliphatic carbocycles. The van der Waals surface area contributed by atoms with E-state index >= 15 is 0 Å². The summed E-state index contributed by atoms with van der Waals surface area (Å²) in [7, 11) is -3.62. The van der Waals surface area contributed by atoms with Gasteiger partial charge in [0.2, 0.25) is 10.0 Å². The third kappa shape index (κ3) is 2.71. The summed E-state index contributed by atoms with van der Waals surface area (Å²) in [6.45, 7) is 0.138. The molecule has 0 aromatic carbocycles. The molecule has 2 N–H and O–H groups in total. The molecule has 0 bridgehead atoms. The molecule has 0 unspecified atom stereocenters. The number of sulfonamides is 1. The first-order valence-electron chi connectivity index (χ1n) is 4.95. The summed E-state index contributed by atoms with van der Waals surface area (Å²) in [5.74, 6) is 0. The lowest BCUT2D eigenvalue weighted by Crippen LogP contribution is -2.23. The summed E-state index contributed by atoms with van der Waals surface area (Å²) in [4.78, 5) is 3.73. The number of aromatic nitrogens is 3. The number of rotatable bonds is 4. The number of nitrogens with one attached hydrogen (secondary N) is 2. The topological polar surface area (TPSA) is 112 Å². The normalized spacial score (nSPS) is 11.1. The molecular weight excluding hydrogens is 254 g/mol. The van der Waals surface area contributed by atoms with E-state index in [1.807, 2.05) is 6.07 Å². The largest absolute Gasteiger partial charge is 0.285 e. The van der Waals surface area contributed by atoms with Gasteiger partial charge in [-0.15, -0.1) is 0 Å². The van der Waals surface area contributed by atoms with Crippen LogP contribution in [-0.4, -0.2) is 23.6 Å². The highest BCUT2D eigenvalue weighted by Gasteiger charge is 2.14. The van der Waals surface area contributed by atoms with Crippen molar-refractivity contribution in [2.45, 2.75) is 11.4 Å². The van der Waals surface area contributed by atoms with Gasteiger partial charge in [0.25, 0.3) is 0 Å². The zero-order chi connectivity index (χ0) is 13.0. The van der Waals surface area contributed by atoms with Gasteiger partial charge >= 0.3 is 0 Å². The van der Waals surface area contributed by atoms with Crippen molar-refractivity contribution in [1.29, 1.82) is 5.26 Å². The van der Waals surface area contributed by atoms with E-state index in [9.17, 15) is 8.42 Å². The maximum absolute atomic E-state index is 11.9. The maximum Gasteiger partial charge on any atom is 0.242 e. The zero-order valence-electron chi connectivity index (χ0n) is 9.16. The molecule has 0 saturated heterocycles. The lowest BCUT2D eigenvalue weighted by Gasteiger charge is -2.04. The summed E-state index contributed by atoms with van der Waals surface area (Å²) in [5.41, 5.74) is 0.893. The fraction of sp³-hybridized carbons (Fsp3) is 0.100. The fourth-order valence-corrected chi connectivity index (χ4v) is 2.20. The smallest absolute Gasteiger partial charge is 0.242 e. The number of nitrogens with zero attached hydrogens (tertiary/aromatic N) is 3. The monoisotopic (exact) mass is 263 g/mol. The molecule has 2 heterocycles. The third-order valence-corrected chi connectivity index (χ3v) is 3.57. The Bertz CT molecular complexity index is 655. The Labute approximate surface area is 104 Å². The fourth-order valence-electron chi connectivity index (χ4n) is 1.24. The van der Waals surface area contributed by atoms with Gasteiger partial charge in [0.05, 0.1) is 6.20 Å². The van der Waals surface area contributed by atoms with E-state index in [2.05, 4.69) is 19.9 Å². The van der Waals surface area contributed by atoms with Crippen molar-refractivity contribution in [3.05, 3.63) is 42.0 Å². The first-order chi connectivity index (χ1) is 8.62. The van der Waals surface area contributed by atoms with E-state index in [1.165, 1.54) is 18.3 Å². The average Bonchev–Trinajstić information content (AvgIpc) is 2.90. The van der Waals surface area contributed by atoms with Gasteiger partial charge in [-0.2, -0.15) is 10.4 Å². The van der Waals surface area contributed by atoms with Crippen molar-refractivity contribution in [2.24, 2.45) is 0 Å². The second kappa shape index (κ2) is 4.95. The molecule has 0 atom stereocenters. The number of hydrogen-bond donors (Lipinski definition) is 2. The Kier molecular flexibility index (Phi) is 3.36. The van der Waals surface area contributed by atoms with Gasteiger partial charge in [0.1, 0.15) is 16.7 Å². The molecule has 0 spiro atoms. The van der Waals surface area contributed by atoms with Crippen LogP contribution in [0.4, 0.5) is 0 Å². The van der Waals surface area contributed by atoms with Crippen LogP contribution in [-0.2, 0) is 16.6 Å². The van der Waals surface area contributed by atoms with Crippen molar-refractivity contribution < 1.29 is 8.42 Å². The summed E-state index contributed by atoms with van der Waals surface area (Å²) >= 11 is 0. The van der Waals surface area contributed by atoms with E-state index in [4.69, 9.17) is 5.26 Å². The van der Waals surface area contributed by atoms with Gasteiger partial charge in [0, 0.05) is 24.5 Å². The van der Waals surface area contributed by atoms with Gasteiger partial charge in [-0.25, -0.2) is 18.1 Å². The van der Waals surface area contributed by atoms with Crippen LogP contribution in [0, 0.1) is 11.3 Å². The number of aromatic amines is 1. The molecular formula is C10H9N5O2S. The Balaban J connectivity index is 2.13. The molecule has 92 valence electrons. The Morgan fingerprint density at radius 2 is 2.22 bits per heavy atom. The van der Waals surface area contributed by atoms with Crippen LogP contribution >= 0.6 is 0 Å². The summed E-state index contributed by atoms with van der Waals surface area (Å²) < 4.78 is 26.1. The van der Waals surface area contributed by atoms with Crippen LogP contribution in [0.25, 0.3) is 0 Å². The highest BCUT2D eigenvalue weighted by atomic mass is 32.2. The van der Waals surface area contributed by atoms with E-state index < -0.39 is 10.0 Å². The third-order valence-electron chi connectivity index (χ3n) is 2.18. The lowest BCUT2D eigenvalue weighted by atomic mass is 10.4. The standard InChI is InChI=1S/C10H9N5O2S/c11-3-9-1-2-10(7-12-9)18(16,17)15-6-8-4-13-14-5-8/h1-2,4-5,7,15H,6H2,(H,13,14). The van der Waals surface area contributed by atoms with Crippen LogP contribution in [0.5, 0.6) is 0 Å². The number of hydrogen-bond acceptors (Lipinski definition) is 5. The molecule has 18 heavy (non-hydrogen) atoms. The van der Waals surface area contributed by atoms with Crippen LogP contribution in [0.1, 0.15) is 11.3 Å². The number of H-pyrrole nitrogens is 1. The highest BCUT2D eigenvalue weighted by molar-refractivity contribution is 7.89. The van der Waals surface area contributed by atoms with Crippen molar-refractivity contribution in [3.8, 4) is 6.07 Å². The molecule has 2 aromatic rings. The molecule has 8 heteroatoms. The van der Waals surface area contributed by atoms with E-state index in [1.54, 1.807) is 6.20 Å². The van der Waals surface area contributed by atoms with E-state index in [0.717, 1.165) is 11.8 Å². The quantitative estimate of drug-likeness (QED) is 0.815. The van der Waals surface area contributed by atoms with Gasteiger partial charge in [0.15, 0.2) is 0 Å². The zero-order valence-corrected chi connectivity index (χ0v) is 9.98. The predicted octanol–water partition coefficient (Wildman–Crippen LogP) is 0.155. The number of nitriles is 1. The Morgan fingerprint density at radius 1 is 1.39 bits per heavy atom. The van der Waals surface area contributed by atoms with Gasteiger partial charge < -0.3 is 0 Å². The van der Waals surface area contributed by atoms with Crippen LogP contribution < -0.4 is 4.72 Å². The minimum absolute atomic E-state index is 0.0185. The molecule has 2 aromatic heterocycles. The minimum Gasteiger partial charge on any atom is -0.285 e. The average molecular weight is 263 g/mol. The Morgan fingerprint density at radius 3 is 2.78 bits per heavy atom. The molecule has 0 saturated carbocycles. The van der Waals surface area contributed by atoms with Crippen LogP contribution in [0.2, 0.25) is 0 Å². The second-order valence-corrected chi connectivity index (χ2v) is 5.19. The van der Waals surface area contributed by atoms with Crippen LogP contribution in [0.3, 0.4) is 0 Å². The first-order valence-corrected chi connectivity index (χ1v) is 6.43. The number of pyridine rings is 1. The van der Waals surface area contributed by atoms with Crippen molar-refractivity contribution in [1.82, 2.24) is 19.9 Å². The SMILES string of the molecule is N#Cc1ccc(S(=O)(=O)NCc2cn[nH]c2)cn1. The molecule has 0 radical (unpaired) electrons. The highest BCUT2D eigenvalue weighted by Crippen LogP contribution is 2.08. The Hall–Kier alpha value is -2.24. The first kappa shape index (κ1) is 12.2. The predicted molar refractivity (Wildman–Crippen MR) is 61.6 cm³/mol. The molecule has 0 fully saturated rings. The van der Waals surface area contributed by atoms with E-state index in [0.29, 0.717) is 0 Å². The maximum atomic E-state index is 11.9. The van der Waals surface area contributed by atoms with Crippen molar-refractivity contribution >= 4 is 10.0 Å². The van der Waals surface area contributed by atoms with Crippen LogP contribution in [0.15, 0.2) is 35.6 Å². The summed E-state index contributed by atoms with van der Waals surface area (Å²) in [6.07, 6.45) is 4.27. The van der Waals surface area contributed by atoms with Crippen molar-refractivity contribution in [2.75, 3.05) is 0 Å². The molecule has 7 nitrogen and oxygen atoms in total. The molecule has 0 amide bonds. The molecule has 0 aliphatic heterocycles. The summed E-state index contributed by atoms with van der Waals surface area (Å²) in [6, 6.07) is 4.51. The van der Waals surface area contributed by atoms with Gasteiger partial charge in [-0.1, -0.05) is 0 Å². The van der Waals surface area contributed by atoms with Gasteiger partial charge in [-0.3, -0.25) is 5.10 Å². The molecule has 0 aliphatic rings. The van der Waals surface area contributed by atoms with E-state index in [-0.39, 0.29) is 17.1 Å². The second-order valence-electron chi connectivity index (χ2n) is 3.42. The minimum atomic E-state index is -3.62. The summed E-state index contributed by atoms with van der Waals surface area (Å²) in [5, 5.41) is 14.9. The van der Waals surface area contributed by atoms with Crippen molar-refractivity contribution in [3.63, 3.8) is 0 Å². The van der Waals surface area contributed by atoms with Gasteiger partial charge in [-0.05, 0) is 12.1 Å².